The standard InChI is InChI=1S/C17H16O3/c18-14-10-8-7-9-11(10)17(19-5-6-20-17)16-4-2-1-3-15(14,16)12(8)13(9)16/h1-4,8-13H,5-7H2/t8-,9+,10-,11+,12+,13-,15-,16-/m1/s1. The number of hydrogen-bond donors (Lipinski definition) is 0. The largest absolute Gasteiger partial charge is 0.346 e. The molecule has 3 spiro atoms. The third-order valence-corrected chi connectivity index (χ3v) is 8.17. The lowest BCUT2D eigenvalue weighted by Gasteiger charge is -2.66. The third kappa shape index (κ3) is 0.532. The zero-order valence-electron chi connectivity index (χ0n) is 11.1. The van der Waals surface area contributed by atoms with Gasteiger partial charge in [0, 0.05) is 11.8 Å². The summed E-state index contributed by atoms with van der Waals surface area (Å²) in [6, 6.07) is 0. The van der Waals surface area contributed by atoms with Gasteiger partial charge < -0.3 is 9.47 Å². The summed E-state index contributed by atoms with van der Waals surface area (Å²) >= 11 is 0. The molecule has 0 unspecified atom stereocenters. The molecule has 102 valence electrons. The Labute approximate surface area is 117 Å². The monoisotopic (exact) mass is 268 g/mol. The first kappa shape index (κ1) is 9.91. The van der Waals surface area contributed by atoms with E-state index < -0.39 is 5.79 Å². The number of ketones is 1. The zero-order valence-corrected chi connectivity index (χ0v) is 11.1. The van der Waals surface area contributed by atoms with E-state index >= 15 is 0 Å². The van der Waals surface area contributed by atoms with Gasteiger partial charge in [0.15, 0.2) is 5.79 Å². The van der Waals surface area contributed by atoms with Crippen molar-refractivity contribution in [2.24, 2.45) is 46.3 Å². The first-order valence-corrected chi connectivity index (χ1v) is 7.99. The van der Waals surface area contributed by atoms with Crippen molar-refractivity contribution in [1.82, 2.24) is 0 Å². The first-order valence-electron chi connectivity index (χ1n) is 7.99. The van der Waals surface area contributed by atoms with Crippen LogP contribution in [0.1, 0.15) is 6.42 Å². The number of rotatable bonds is 0. The molecule has 2 bridgehead atoms. The lowest BCUT2D eigenvalue weighted by molar-refractivity contribution is -0.301. The second-order valence-corrected chi connectivity index (χ2v) is 7.85. The summed E-state index contributed by atoms with van der Waals surface area (Å²) in [6.07, 6.45) is 9.99. The van der Waals surface area contributed by atoms with Gasteiger partial charge in [-0.1, -0.05) is 24.3 Å². The first-order chi connectivity index (χ1) is 9.80. The van der Waals surface area contributed by atoms with Gasteiger partial charge in [-0.15, -0.1) is 0 Å². The van der Waals surface area contributed by atoms with Crippen LogP contribution >= 0.6 is 0 Å². The molecule has 20 heavy (non-hydrogen) atoms. The highest BCUT2D eigenvalue weighted by atomic mass is 16.7. The minimum absolute atomic E-state index is 0.163. The number of allylic oxidation sites excluding steroid dienone is 3. The van der Waals surface area contributed by atoms with Gasteiger partial charge in [-0.2, -0.15) is 0 Å². The van der Waals surface area contributed by atoms with Crippen molar-refractivity contribution in [2.75, 3.05) is 13.2 Å². The summed E-state index contributed by atoms with van der Waals surface area (Å²) in [7, 11) is 0. The van der Waals surface area contributed by atoms with Crippen molar-refractivity contribution in [3.05, 3.63) is 24.3 Å². The molecule has 3 heteroatoms. The van der Waals surface area contributed by atoms with Crippen molar-refractivity contribution in [3.8, 4) is 0 Å². The van der Waals surface area contributed by atoms with Gasteiger partial charge in [0.25, 0.3) is 0 Å². The smallest absolute Gasteiger partial charge is 0.182 e. The van der Waals surface area contributed by atoms with Crippen LogP contribution in [0.25, 0.3) is 0 Å². The van der Waals surface area contributed by atoms with E-state index in [0.717, 1.165) is 0 Å². The summed E-state index contributed by atoms with van der Waals surface area (Å²) in [5.74, 6) is 3.15. The molecule has 7 aliphatic rings. The Morgan fingerprint density at radius 1 is 1.00 bits per heavy atom. The highest BCUT2D eigenvalue weighted by Gasteiger charge is 2.99. The van der Waals surface area contributed by atoms with Crippen LogP contribution in [0, 0.1) is 46.3 Å². The molecule has 0 aromatic rings. The van der Waals surface area contributed by atoms with E-state index in [1.165, 1.54) is 6.42 Å². The molecule has 1 aliphatic heterocycles. The number of ether oxygens (including phenoxy) is 2. The van der Waals surface area contributed by atoms with Crippen LogP contribution in [0.5, 0.6) is 0 Å². The van der Waals surface area contributed by atoms with Gasteiger partial charge in [0.05, 0.1) is 24.0 Å². The van der Waals surface area contributed by atoms with Crippen molar-refractivity contribution >= 4 is 5.78 Å². The fourth-order valence-electron chi connectivity index (χ4n) is 8.40. The maximum absolute atomic E-state index is 13.2. The lowest BCUT2D eigenvalue weighted by Crippen LogP contribution is -2.73. The van der Waals surface area contributed by atoms with Gasteiger partial charge in [0.1, 0.15) is 5.78 Å². The molecule has 0 N–H and O–H groups in total. The Bertz CT molecular complexity index is 657. The highest BCUT2D eigenvalue weighted by molar-refractivity contribution is 5.99. The molecule has 6 fully saturated rings. The van der Waals surface area contributed by atoms with E-state index in [-0.39, 0.29) is 16.7 Å². The lowest BCUT2D eigenvalue weighted by atomic mass is 9.37. The Kier molecular flexibility index (Phi) is 1.18. The number of hydrogen-bond acceptors (Lipinski definition) is 3. The summed E-state index contributed by atoms with van der Waals surface area (Å²) in [4.78, 5) is 13.2. The molecule has 3 nitrogen and oxygen atoms in total. The van der Waals surface area contributed by atoms with Crippen molar-refractivity contribution in [2.45, 2.75) is 12.2 Å². The number of carbonyl (C=O) groups excluding carboxylic acids is 1. The van der Waals surface area contributed by atoms with Gasteiger partial charge in [-0.25, -0.2) is 0 Å². The quantitative estimate of drug-likeness (QED) is 0.669. The molecule has 0 aromatic carbocycles. The zero-order chi connectivity index (χ0) is 12.9. The van der Waals surface area contributed by atoms with Crippen molar-refractivity contribution < 1.29 is 14.3 Å². The van der Waals surface area contributed by atoms with E-state index in [1.807, 2.05) is 0 Å². The normalized spacial score (nSPS) is 67.5. The predicted molar refractivity (Wildman–Crippen MR) is 68.3 cm³/mol. The molecule has 8 atom stereocenters. The second kappa shape index (κ2) is 2.38. The summed E-state index contributed by atoms with van der Waals surface area (Å²) in [5, 5.41) is 0. The molecular weight excluding hydrogens is 252 g/mol. The average Bonchev–Trinajstić information content (AvgIpc) is 3.14. The van der Waals surface area contributed by atoms with Gasteiger partial charge in [-0.05, 0) is 30.1 Å². The Hall–Kier alpha value is -0.930. The van der Waals surface area contributed by atoms with Gasteiger partial charge in [-0.3, -0.25) is 4.79 Å². The van der Waals surface area contributed by atoms with Crippen LogP contribution in [0.3, 0.4) is 0 Å². The van der Waals surface area contributed by atoms with Crippen molar-refractivity contribution in [3.63, 3.8) is 0 Å². The van der Waals surface area contributed by atoms with Crippen LogP contribution < -0.4 is 0 Å². The number of fused-ring (bicyclic) bond motifs is 2. The van der Waals surface area contributed by atoms with Crippen LogP contribution in [0.4, 0.5) is 0 Å². The van der Waals surface area contributed by atoms with Crippen molar-refractivity contribution in [1.29, 1.82) is 0 Å². The van der Waals surface area contributed by atoms with E-state index in [4.69, 9.17) is 9.47 Å². The second-order valence-electron chi connectivity index (χ2n) is 7.85. The van der Waals surface area contributed by atoms with Crippen LogP contribution in [-0.4, -0.2) is 24.8 Å². The maximum atomic E-state index is 13.2. The predicted octanol–water partition coefficient (Wildman–Crippen LogP) is 1.55. The minimum Gasteiger partial charge on any atom is -0.346 e. The number of Topliss-reactive ketones (excluding diaryl/α,β-unsaturated/α-hetero) is 1. The topological polar surface area (TPSA) is 35.5 Å². The fourth-order valence-corrected chi connectivity index (χ4v) is 8.40. The molecule has 0 amide bonds. The molecular formula is C17H16O3. The maximum Gasteiger partial charge on any atom is 0.182 e. The Morgan fingerprint density at radius 2 is 1.80 bits per heavy atom. The van der Waals surface area contributed by atoms with Crippen LogP contribution in [-0.2, 0) is 14.3 Å². The van der Waals surface area contributed by atoms with E-state index in [9.17, 15) is 4.79 Å². The molecule has 5 saturated carbocycles. The van der Waals surface area contributed by atoms with Gasteiger partial charge >= 0.3 is 0 Å². The summed E-state index contributed by atoms with van der Waals surface area (Å²) in [5.41, 5.74) is -0.433. The molecule has 1 heterocycles. The van der Waals surface area contributed by atoms with Crippen LogP contribution in [0.15, 0.2) is 24.3 Å². The molecule has 6 aliphatic carbocycles. The highest BCUT2D eigenvalue weighted by Crippen LogP contribution is 2.95. The van der Waals surface area contributed by atoms with E-state index in [0.29, 0.717) is 48.6 Å². The number of carbonyl (C=O) groups is 1. The van der Waals surface area contributed by atoms with Gasteiger partial charge in [0.2, 0.25) is 0 Å². The minimum atomic E-state index is -0.468. The fraction of sp³-hybridized carbons (Fsp3) is 0.706. The molecule has 0 aromatic heterocycles. The molecule has 7 rings (SSSR count). The van der Waals surface area contributed by atoms with Crippen LogP contribution in [0.2, 0.25) is 0 Å². The van der Waals surface area contributed by atoms with E-state index in [1.54, 1.807) is 0 Å². The van der Waals surface area contributed by atoms with E-state index in [2.05, 4.69) is 24.3 Å². The SMILES string of the molecule is O=C1[C@@H]2[C@H]3C[C@H]4[C@@H]2C2(OCCO2)[C@@]25C=CC=C[C@@]12[C@@H]3[C@@H]45. The summed E-state index contributed by atoms with van der Waals surface area (Å²) < 4.78 is 12.6. The summed E-state index contributed by atoms with van der Waals surface area (Å²) in [6.45, 7) is 1.39. The third-order valence-electron chi connectivity index (χ3n) is 8.17. The Morgan fingerprint density at radius 3 is 2.65 bits per heavy atom. The average molecular weight is 268 g/mol. The molecule has 0 radical (unpaired) electrons. The Balaban J connectivity index is 1.66. The molecule has 1 saturated heterocycles.